The zero-order valence-electron chi connectivity index (χ0n) is 11.0. The van der Waals surface area contributed by atoms with Crippen LogP contribution in [0.15, 0.2) is 18.2 Å². The van der Waals surface area contributed by atoms with E-state index in [1.807, 2.05) is 6.07 Å². The molecule has 1 fully saturated rings. The fourth-order valence-corrected chi connectivity index (χ4v) is 2.09. The maximum atomic E-state index is 5.98. The highest BCUT2D eigenvalue weighted by Gasteiger charge is 2.28. The van der Waals surface area contributed by atoms with E-state index >= 15 is 0 Å². The van der Waals surface area contributed by atoms with Crippen molar-refractivity contribution in [3.8, 4) is 0 Å². The summed E-state index contributed by atoms with van der Waals surface area (Å²) in [5.74, 6) is 0. The van der Waals surface area contributed by atoms with Gasteiger partial charge in [0.25, 0.3) is 0 Å². The highest BCUT2D eigenvalue weighted by Crippen LogP contribution is 2.27. The average molecular weight is 233 g/mol. The summed E-state index contributed by atoms with van der Waals surface area (Å²) in [6.45, 7) is 5.26. The van der Waals surface area contributed by atoms with Crippen molar-refractivity contribution in [3.05, 3.63) is 23.8 Å². The lowest BCUT2D eigenvalue weighted by molar-refractivity contribution is 0.257. The summed E-state index contributed by atoms with van der Waals surface area (Å²) in [6, 6.07) is 7.52. The lowest BCUT2D eigenvalue weighted by Crippen LogP contribution is -2.36. The molecule has 1 atom stereocenters. The predicted molar refractivity (Wildman–Crippen MR) is 74.3 cm³/mol. The molecule has 1 saturated carbocycles. The minimum atomic E-state index is 0.545. The summed E-state index contributed by atoms with van der Waals surface area (Å²) in [6.07, 6.45) is 2.71. The number of hydrogen-bond acceptors (Lipinski definition) is 3. The highest BCUT2D eigenvalue weighted by molar-refractivity contribution is 5.66. The van der Waals surface area contributed by atoms with Crippen LogP contribution >= 0.6 is 0 Å². The number of anilines is 2. The molecular formula is C14H23N3. The Morgan fingerprint density at radius 1 is 1.47 bits per heavy atom. The maximum absolute atomic E-state index is 5.98. The standard InChI is InChI=1S/C14H23N3/c1-10-4-7-14(13(15)8-10)16-9-11(2)17(3)12-5-6-12/h4,7-8,11-12,16H,5-6,9,15H2,1-3H3. The Balaban J connectivity index is 1.88. The normalized spacial score (nSPS) is 17.2. The van der Waals surface area contributed by atoms with Gasteiger partial charge in [0.1, 0.15) is 0 Å². The number of nitrogen functional groups attached to an aromatic ring is 1. The fraction of sp³-hybridized carbons (Fsp3) is 0.571. The Bertz CT molecular complexity index is 385. The topological polar surface area (TPSA) is 41.3 Å². The predicted octanol–water partition coefficient (Wildman–Crippen LogP) is 2.47. The molecule has 1 unspecified atom stereocenters. The summed E-state index contributed by atoms with van der Waals surface area (Å²) in [5, 5.41) is 3.44. The van der Waals surface area contributed by atoms with Gasteiger partial charge in [-0.15, -0.1) is 0 Å². The largest absolute Gasteiger partial charge is 0.397 e. The van der Waals surface area contributed by atoms with E-state index in [2.05, 4.69) is 43.2 Å². The zero-order valence-corrected chi connectivity index (χ0v) is 11.0. The molecule has 0 aliphatic heterocycles. The second kappa shape index (κ2) is 4.96. The number of benzene rings is 1. The number of nitrogens with two attached hydrogens (primary N) is 1. The molecule has 0 bridgehead atoms. The van der Waals surface area contributed by atoms with Gasteiger partial charge in [0, 0.05) is 18.6 Å². The van der Waals surface area contributed by atoms with Crippen molar-refractivity contribution in [2.24, 2.45) is 0 Å². The Kier molecular flexibility index (Phi) is 3.57. The number of aryl methyl sites for hydroxylation is 1. The molecule has 0 radical (unpaired) electrons. The molecule has 1 aliphatic carbocycles. The van der Waals surface area contributed by atoms with Gasteiger partial charge in [-0.2, -0.15) is 0 Å². The highest BCUT2D eigenvalue weighted by atomic mass is 15.2. The molecule has 0 saturated heterocycles. The molecule has 1 aliphatic rings. The second-order valence-electron chi connectivity index (χ2n) is 5.22. The van der Waals surface area contributed by atoms with E-state index in [1.165, 1.54) is 18.4 Å². The van der Waals surface area contributed by atoms with Gasteiger partial charge in [0.2, 0.25) is 0 Å². The van der Waals surface area contributed by atoms with Crippen LogP contribution in [-0.2, 0) is 0 Å². The second-order valence-corrected chi connectivity index (χ2v) is 5.22. The third-order valence-electron chi connectivity index (χ3n) is 3.61. The summed E-state index contributed by atoms with van der Waals surface area (Å²) in [7, 11) is 2.21. The van der Waals surface area contributed by atoms with Crippen LogP contribution in [0.3, 0.4) is 0 Å². The Hall–Kier alpha value is -1.22. The quantitative estimate of drug-likeness (QED) is 0.768. The Morgan fingerprint density at radius 3 is 2.76 bits per heavy atom. The number of nitrogens with zero attached hydrogens (tertiary/aromatic N) is 1. The molecule has 0 spiro atoms. The zero-order chi connectivity index (χ0) is 12.4. The van der Waals surface area contributed by atoms with E-state index in [0.29, 0.717) is 6.04 Å². The fourth-order valence-electron chi connectivity index (χ4n) is 2.09. The van der Waals surface area contributed by atoms with Crippen molar-refractivity contribution >= 4 is 11.4 Å². The molecule has 1 aromatic carbocycles. The molecule has 1 aromatic rings. The number of hydrogen-bond donors (Lipinski definition) is 2. The summed E-state index contributed by atoms with van der Waals surface area (Å²) < 4.78 is 0. The number of rotatable bonds is 5. The van der Waals surface area contributed by atoms with E-state index < -0.39 is 0 Å². The van der Waals surface area contributed by atoms with Gasteiger partial charge in [-0.05, 0) is 51.4 Å². The van der Waals surface area contributed by atoms with Crippen LogP contribution in [0.2, 0.25) is 0 Å². The monoisotopic (exact) mass is 233 g/mol. The molecule has 2 rings (SSSR count). The Morgan fingerprint density at radius 2 is 2.18 bits per heavy atom. The van der Waals surface area contributed by atoms with Crippen LogP contribution in [0.4, 0.5) is 11.4 Å². The lowest BCUT2D eigenvalue weighted by atomic mass is 10.2. The van der Waals surface area contributed by atoms with Gasteiger partial charge in [-0.1, -0.05) is 6.07 Å². The van der Waals surface area contributed by atoms with Gasteiger partial charge < -0.3 is 11.1 Å². The van der Waals surface area contributed by atoms with Crippen molar-refractivity contribution in [1.82, 2.24) is 4.90 Å². The first kappa shape index (κ1) is 12.2. The first-order valence-corrected chi connectivity index (χ1v) is 6.40. The van der Waals surface area contributed by atoms with E-state index in [4.69, 9.17) is 5.73 Å². The molecule has 3 heteroatoms. The first-order chi connectivity index (χ1) is 8.08. The van der Waals surface area contributed by atoms with Crippen molar-refractivity contribution in [2.75, 3.05) is 24.6 Å². The van der Waals surface area contributed by atoms with Crippen molar-refractivity contribution in [2.45, 2.75) is 38.8 Å². The number of nitrogens with one attached hydrogen (secondary N) is 1. The van der Waals surface area contributed by atoms with E-state index in [9.17, 15) is 0 Å². The molecule has 0 amide bonds. The van der Waals surface area contributed by atoms with Crippen molar-refractivity contribution in [3.63, 3.8) is 0 Å². The smallest absolute Gasteiger partial charge is 0.0574 e. The minimum Gasteiger partial charge on any atom is -0.397 e. The first-order valence-electron chi connectivity index (χ1n) is 6.40. The summed E-state index contributed by atoms with van der Waals surface area (Å²) in [4.78, 5) is 2.46. The van der Waals surface area contributed by atoms with Crippen molar-refractivity contribution < 1.29 is 0 Å². The molecule has 94 valence electrons. The van der Waals surface area contributed by atoms with Gasteiger partial charge in [-0.3, -0.25) is 4.90 Å². The van der Waals surface area contributed by atoms with E-state index in [0.717, 1.165) is 24.0 Å². The van der Waals surface area contributed by atoms with Gasteiger partial charge >= 0.3 is 0 Å². The van der Waals surface area contributed by atoms with Crippen molar-refractivity contribution in [1.29, 1.82) is 0 Å². The van der Waals surface area contributed by atoms with Crippen LogP contribution in [0.5, 0.6) is 0 Å². The third kappa shape index (κ3) is 3.13. The lowest BCUT2D eigenvalue weighted by Gasteiger charge is -2.25. The van der Waals surface area contributed by atoms with Crippen LogP contribution in [0, 0.1) is 6.92 Å². The van der Waals surface area contributed by atoms with Crippen LogP contribution in [0.1, 0.15) is 25.3 Å². The summed E-state index contributed by atoms with van der Waals surface area (Å²) >= 11 is 0. The molecule has 17 heavy (non-hydrogen) atoms. The van der Waals surface area contributed by atoms with Gasteiger partial charge in [-0.25, -0.2) is 0 Å². The number of likely N-dealkylation sites (N-methyl/N-ethyl adjacent to an activating group) is 1. The van der Waals surface area contributed by atoms with E-state index in [-0.39, 0.29) is 0 Å². The van der Waals surface area contributed by atoms with Crippen LogP contribution < -0.4 is 11.1 Å². The van der Waals surface area contributed by atoms with Gasteiger partial charge in [0.15, 0.2) is 0 Å². The minimum absolute atomic E-state index is 0.545. The molecular weight excluding hydrogens is 210 g/mol. The summed E-state index contributed by atoms with van der Waals surface area (Å²) in [5.41, 5.74) is 9.07. The third-order valence-corrected chi connectivity index (χ3v) is 3.61. The molecule has 3 nitrogen and oxygen atoms in total. The Labute approximate surface area is 104 Å². The van der Waals surface area contributed by atoms with Crippen LogP contribution in [0.25, 0.3) is 0 Å². The molecule has 0 aromatic heterocycles. The maximum Gasteiger partial charge on any atom is 0.0574 e. The molecule has 0 heterocycles. The van der Waals surface area contributed by atoms with Gasteiger partial charge in [0.05, 0.1) is 11.4 Å². The van der Waals surface area contributed by atoms with E-state index in [1.54, 1.807) is 0 Å². The SMILES string of the molecule is Cc1ccc(NCC(C)N(C)C2CC2)c(N)c1. The van der Waals surface area contributed by atoms with Crippen LogP contribution in [-0.4, -0.2) is 30.6 Å². The average Bonchev–Trinajstić information content (AvgIpc) is 3.10. The molecule has 3 N–H and O–H groups in total.